The molecule has 0 unspecified atom stereocenters. The van der Waals surface area contributed by atoms with Crippen LogP contribution in [0.4, 0.5) is 4.39 Å². The van der Waals surface area contributed by atoms with Crippen LogP contribution in [0.3, 0.4) is 0 Å². The molecule has 1 nitrogen and oxygen atoms in total. The van der Waals surface area contributed by atoms with E-state index in [0.717, 1.165) is 12.8 Å². The van der Waals surface area contributed by atoms with E-state index in [1.165, 1.54) is 0 Å². The second kappa shape index (κ2) is 6.31. The van der Waals surface area contributed by atoms with Crippen molar-refractivity contribution >= 4 is 9.04 Å². The van der Waals surface area contributed by atoms with Gasteiger partial charge in [0.15, 0.2) is 0 Å². The molecule has 0 fully saturated rings. The van der Waals surface area contributed by atoms with E-state index in [0.29, 0.717) is 5.92 Å². The molecule has 0 aliphatic rings. The lowest BCUT2D eigenvalue weighted by Crippen LogP contribution is -2.18. The van der Waals surface area contributed by atoms with Gasteiger partial charge in [0.05, 0.1) is 0 Å². The molecule has 90 valence electrons. The Labute approximate surface area is 95.4 Å². The highest BCUT2D eigenvalue weighted by Crippen LogP contribution is 2.31. The van der Waals surface area contributed by atoms with Crippen molar-refractivity contribution in [2.45, 2.75) is 53.6 Å². The molecule has 15 heavy (non-hydrogen) atoms. The fraction of sp³-hybridized carbons (Fsp3) is 0.833. The van der Waals surface area contributed by atoms with Crippen LogP contribution in [0.25, 0.3) is 0 Å². The number of hydrogen-bond acceptors (Lipinski definition) is 1. The molecule has 0 atom stereocenters. The Hall–Kier alpha value is -0.313. The molecule has 3 heteroatoms. The summed E-state index contributed by atoms with van der Waals surface area (Å²) in [6, 6.07) is -0.378. The van der Waals surface area contributed by atoms with Crippen LogP contribution in [0.15, 0.2) is 12.1 Å². The van der Waals surface area contributed by atoms with Gasteiger partial charge in [0, 0.05) is 0 Å². The molecule has 0 amide bonds. The number of rotatable bonds is 6. The zero-order chi connectivity index (χ0) is 12.1. The van der Waals surface area contributed by atoms with Crippen molar-refractivity contribution in [3.05, 3.63) is 12.1 Å². The van der Waals surface area contributed by atoms with Gasteiger partial charge < -0.3 is 4.43 Å². The largest absolute Gasteiger partial charge is 0.528 e. The lowest BCUT2D eigenvalue weighted by atomic mass is 9.77. The normalized spacial score (nSPS) is 13.8. The van der Waals surface area contributed by atoms with Gasteiger partial charge in [-0.25, -0.2) is 0 Å². The van der Waals surface area contributed by atoms with E-state index in [1.807, 2.05) is 13.1 Å². The predicted octanol–water partition coefficient (Wildman–Crippen LogP) is 4.26. The van der Waals surface area contributed by atoms with Gasteiger partial charge in [0.25, 0.3) is 6.01 Å². The van der Waals surface area contributed by atoms with Crippen LogP contribution >= 0.6 is 0 Å². The van der Waals surface area contributed by atoms with Crippen molar-refractivity contribution in [3.63, 3.8) is 0 Å². The lowest BCUT2D eigenvalue weighted by molar-refractivity contribution is 0.228. The van der Waals surface area contributed by atoms with Gasteiger partial charge in [-0.1, -0.05) is 27.7 Å². The van der Waals surface area contributed by atoms with Crippen molar-refractivity contribution in [3.8, 4) is 0 Å². The van der Waals surface area contributed by atoms with E-state index in [-0.39, 0.29) is 11.4 Å². The maximum absolute atomic E-state index is 13.1. The maximum atomic E-state index is 13.1. The molecule has 0 rings (SSSR count). The Bertz CT molecular complexity index is 210. The van der Waals surface area contributed by atoms with Gasteiger partial charge in [0.2, 0.25) is 9.04 Å². The summed E-state index contributed by atoms with van der Waals surface area (Å²) >= 11 is 0. The fourth-order valence-corrected chi connectivity index (χ4v) is 1.67. The third kappa shape index (κ3) is 6.71. The zero-order valence-electron chi connectivity index (χ0n) is 10.9. The van der Waals surface area contributed by atoms with Crippen LogP contribution in [0.1, 0.15) is 40.5 Å². The molecule has 0 bridgehead atoms. The highest BCUT2D eigenvalue weighted by atomic mass is 28.3. The highest BCUT2D eigenvalue weighted by Gasteiger charge is 2.21. The van der Waals surface area contributed by atoms with Crippen molar-refractivity contribution in [2.24, 2.45) is 11.3 Å². The SMILES string of the molecule is CC(C)C(C)(C)CC/C=C(\F)O[SiH](C)C. The second-order valence-corrected chi connectivity index (χ2v) is 7.69. The molecule has 0 radical (unpaired) electrons. The maximum Gasteiger partial charge on any atom is 0.255 e. The first-order valence-corrected chi connectivity index (χ1v) is 8.56. The summed E-state index contributed by atoms with van der Waals surface area (Å²) in [6.45, 7) is 12.8. The van der Waals surface area contributed by atoms with Crippen molar-refractivity contribution in [2.75, 3.05) is 0 Å². The predicted molar refractivity (Wildman–Crippen MR) is 67.0 cm³/mol. The van der Waals surface area contributed by atoms with Crippen molar-refractivity contribution in [1.29, 1.82) is 0 Å². The number of hydrogen-bond donors (Lipinski definition) is 0. The van der Waals surface area contributed by atoms with E-state index < -0.39 is 9.04 Å². The molecule has 0 saturated carbocycles. The molecule has 0 heterocycles. The minimum atomic E-state index is -1.28. The van der Waals surface area contributed by atoms with E-state index in [1.54, 1.807) is 6.08 Å². The fourth-order valence-electron chi connectivity index (χ4n) is 1.12. The number of halogens is 1. The summed E-state index contributed by atoms with van der Waals surface area (Å²) in [7, 11) is -1.28. The summed E-state index contributed by atoms with van der Waals surface area (Å²) in [4.78, 5) is 0. The third-order valence-electron chi connectivity index (χ3n) is 3.00. The average molecular weight is 232 g/mol. The van der Waals surface area contributed by atoms with Crippen LogP contribution in [0, 0.1) is 11.3 Å². The first-order valence-electron chi connectivity index (χ1n) is 5.78. The van der Waals surface area contributed by atoms with Crippen LogP contribution in [-0.4, -0.2) is 9.04 Å². The Morgan fingerprint density at radius 1 is 1.40 bits per heavy atom. The van der Waals surface area contributed by atoms with Crippen LogP contribution in [0.2, 0.25) is 13.1 Å². The van der Waals surface area contributed by atoms with Crippen LogP contribution in [-0.2, 0) is 4.43 Å². The van der Waals surface area contributed by atoms with Gasteiger partial charge in [-0.05, 0) is 43.3 Å². The molecule has 0 aliphatic heterocycles. The summed E-state index contributed by atoms with van der Waals surface area (Å²) in [5.74, 6) is 0.620. The van der Waals surface area contributed by atoms with Gasteiger partial charge in [-0.15, -0.1) is 0 Å². The molecular formula is C12H25FOSi. The average Bonchev–Trinajstić information content (AvgIpc) is 2.01. The van der Waals surface area contributed by atoms with Gasteiger partial charge in [-0.3, -0.25) is 0 Å². The molecular weight excluding hydrogens is 207 g/mol. The van der Waals surface area contributed by atoms with E-state index in [4.69, 9.17) is 4.43 Å². The highest BCUT2D eigenvalue weighted by molar-refractivity contribution is 6.48. The van der Waals surface area contributed by atoms with Gasteiger partial charge in [-0.2, -0.15) is 4.39 Å². The summed E-state index contributed by atoms with van der Waals surface area (Å²) in [5, 5.41) is 0. The quantitative estimate of drug-likeness (QED) is 0.491. The van der Waals surface area contributed by atoms with Crippen LogP contribution < -0.4 is 0 Å². The summed E-state index contributed by atoms with van der Waals surface area (Å²) in [5.41, 5.74) is 0.270. The minimum absolute atomic E-state index is 0.270. The zero-order valence-corrected chi connectivity index (χ0v) is 12.1. The standard InChI is InChI=1S/C12H25FOSi/c1-10(2)12(3,4)9-7-8-11(13)14-15(5)6/h8,10,15H,7,9H2,1-6H3/b11-8+. The monoisotopic (exact) mass is 232 g/mol. The number of allylic oxidation sites excluding steroid dienone is 1. The summed E-state index contributed by atoms with van der Waals surface area (Å²) in [6.07, 6.45) is 3.34. The first-order chi connectivity index (χ1) is 6.75. The molecule has 0 spiro atoms. The smallest absolute Gasteiger partial charge is 0.255 e. The van der Waals surface area contributed by atoms with Gasteiger partial charge >= 0.3 is 0 Å². The van der Waals surface area contributed by atoms with Crippen molar-refractivity contribution in [1.82, 2.24) is 0 Å². The molecule has 0 aromatic carbocycles. The Balaban J connectivity index is 3.97. The topological polar surface area (TPSA) is 9.23 Å². The Morgan fingerprint density at radius 2 is 1.93 bits per heavy atom. The minimum Gasteiger partial charge on any atom is -0.528 e. The van der Waals surface area contributed by atoms with Crippen LogP contribution in [0.5, 0.6) is 0 Å². The molecule has 0 aromatic rings. The molecule has 0 aromatic heterocycles. The molecule has 0 aliphatic carbocycles. The Morgan fingerprint density at radius 3 is 2.33 bits per heavy atom. The van der Waals surface area contributed by atoms with Gasteiger partial charge in [0.1, 0.15) is 0 Å². The lowest BCUT2D eigenvalue weighted by Gasteiger charge is -2.28. The Kier molecular flexibility index (Phi) is 6.18. The first kappa shape index (κ1) is 14.7. The molecule has 0 N–H and O–H groups in total. The summed E-state index contributed by atoms with van der Waals surface area (Å²) < 4.78 is 18.2. The van der Waals surface area contributed by atoms with E-state index >= 15 is 0 Å². The second-order valence-electron chi connectivity index (χ2n) is 5.36. The van der Waals surface area contributed by atoms with E-state index in [2.05, 4.69) is 27.7 Å². The van der Waals surface area contributed by atoms with Crippen molar-refractivity contribution < 1.29 is 8.82 Å². The van der Waals surface area contributed by atoms with E-state index in [9.17, 15) is 4.39 Å². The third-order valence-corrected chi connectivity index (χ3v) is 3.70. The molecule has 0 saturated heterocycles.